The van der Waals surface area contributed by atoms with Gasteiger partial charge in [0.15, 0.2) is 5.78 Å². The van der Waals surface area contributed by atoms with Crippen LogP contribution < -0.4 is 0 Å². The van der Waals surface area contributed by atoms with Crippen molar-refractivity contribution in [3.63, 3.8) is 0 Å². The largest absolute Gasteiger partial charge is 0.507 e. The number of rotatable bonds is 2. The molecule has 0 amide bonds. The second-order valence-corrected chi connectivity index (χ2v) is 3.53. The van der Waals surface area contributed by atoms with Crippen molar-refractivity contribution in [3.8, 4) is 0 Å². The summed E-state index contributed by atoms with van der Waals surface area (Å²) in [6.07, 6.45) is 1.09. The van der Waals surface area contributed by atoms with Crippen LogP contribution in [-0.2, 0) is 4.79 Å². The van der Waals surface area contributed by atoms with Gasteiger partial charge >= 0.3 is 0 Å². The maximum atomic E-state index is 10.7. The highest BCUT2D eigenvalue weighted by Crippen LogP contribution is 2.29. The van der Waals surface area contributed by atoms with Gasteiger partial charge in [-0.2, -0.15) is 0 Å². The predicted molar refractivity (Wildman–Crippen MR) is 57.7 cm³/mol. The summed E-state index contributed by atoms with van der Waals surface area (Å²) in [6, 6.07) is 4.84. The second kappa shape index (κ2) is 4.49. The molecule has 0 bridgehead atoms. The number of hydrogen-bond acceptors (Lipinski definition) is 2. The van der Waals surface area contributed by atoms with Crippen molar-refractivity contribution in [2.45, 2.75) is 6.92 Å². The van der Waals surface area contributed by atoms with E-state index in [-0.39, 0.29) is 16.6 Å². The van der Waals surface area contributed by atoms with Crippen LogP contribution in [0.5, 0.6) is 0 Å². The molecule has 14 heavy (non-hydrogen) atoms. The van der Waals surface area contributed by atoms with E-state index in [1.165, 1.54) is 6.92 Å². The summed E-state index contributed by atoms with van der Waals surface area (Å²) in [7, 11) is 0. The molecule has 0 aliphatic rings. The summed E-state index contributed by atoms with van der Waals surface area (Å²) >= 11 is 11.6. The van der Waals surface area contributed by atoms with Gasteiger partial charge in [0.05, 0.1) is 10.0 Å². The maximum Gasteiger partial charge on any atom is 0.156 e. The Bertz CT molecular complexity index is 397. The summed E-state index contributed by atoms with van der Waals surface area (Å²) in [5, 5.41) is 10.1. The molecule has 0 saturated carbocycles. The van der Waals surface area contributed by atoms with Crippen LogP contribution in [0.4, 0.5) is 0 Å². The lowest BCUT2D eigenvalue weighted by molar-refractivity contribution is -0.112. The molecule has 0 spiro atoms. The maximum absolute atomic E-state index is 10.7. The minimum Gasteiger partial charge on any atom is -0.507 e. The van der Waals surface area contributed by atoms with Crippen LogP contribution in [-0.4, -0.2) is 10.9 Å². The van der Waals surface area contributed by atoms with Crippen LogP contribution in [0.25, 0.3) is 5.76 Å². The van der Waals surface area contributed by atoms with E-state index in [1.54, 1.807) is 18.2 Å². The van der Waals surface area contributed by atoms with E-state index >= 15 is 0 Å². The summed E-state index contributed by atoms with van der Waals surface area (Å²) in [5.41, 5.74) is 0.356. The lowest BCUT2D eigenvalue weighted by Gasteiger charge is -2.03. The van der Waals surface area contributed by atoms with E-state index in [2.05, 4.69) is 0 Å². The molecule has 4 heteroatoms. The van der Waals surface area contributed by atoms with Gasteiger partial charge in [0.1, 0.15) is 5.76 Å². The number of ketones is 1. The van der Waals surface area contributed by atoms with Crippen molar-refractivity contribution in [2.75, 3.05) is 0 Å². The van der Waals surface area contributed by atoms with Gasteiger partial charge in [0, 0.05) is 11.6 Å². The molecule has 0 saturated heterocycles. The Hall–Kier alpha value is -0.990. The van der Waals surface area contributed by atoms with E-state index in [0.29, 0.717) is 10.6 Å². The highest BCUT2D eigenvalue weighted by molar-refractivity contribution is 6.43. The van der Waals surface area contributed by atoms with E-state index < -0.39 is 0 Å². The first kappa shape index (κ1) is 11.1. The number of benzene rings is 1. The standard InChI is InChI=1S/C10H8Cl2O2/c1-6(13)5-9(14)7-3-2-4-8(11)10(7)12/h2-5,14H,1H3. The Balaban J connectivity index is 3.20. The highest BCUT2D eigenvalue weighted by atomic mass is 35.5. The van der Waals surface area contributed by atoms with Gasteiger partial charge < -0.3 is 5.11 Å². The first-order chi connectivity index (χ1) is 6.52. The third-order valence-corrected chi connectivity index (χ3v) is 2.39. The number of aliphatic hydroxyl groups is 1. The number of aliphatic hydroxyl groups excluding tert-OH is 1. The summed E-state index contributed by atoms with van der Waals surface area (Å²) in [6.45, 7) is 1.34. The third kappa shape index (κ3) is 2.50. The number of allylic oxidation sites excluding steroid dienone is 1. The van der Waals surface area contributed by atoms with Crippen molar-refractivity contribution in [1.82, 2.24) is 0 Å². The van der Waals surface area contributed by atoms with E-state index in [0.717, 1.165) is 6.08 Å². The first-order valence-corrected chi connectivity index (χ1v) is 4.63. The molecule has 1 aromatic carbocycles. The van der Waals surface area contributed by atoms with Crippen LogP contribution in [0.1, 0.15) is 12.5 Å². The SMILES string of the molecule is CC(=O)C=C(O)c1cccc(Cl)c1Cl. The van der Waals surface area contributed by atoms with Crippen molar-refractivity contribution in [1.29, 1.82) is 0 Å². The number of halogens is 2. The fourth-order valence-electron chi connectivity index (χ4n) is 0.972. The molecule has 1 aromatic rings. The zero-order chi connectivity index (χ0) is 10.7. The van der Waals surface area contributed by atoms with E-state index in [1.807, 2.05) is 0 Å². The van der Waals surface area contributed by atoms with Gasteiger partial charge in [-0.1, -0.05) is 29.3 Å². The lowest BCUT2D eigenvalue weighted by atomic mass is 10.1. The molecule has 0 aliphatic heterocycles. The van der Waals surface area contributed by atoms with Gasteiger partial charge in [-0.05, 0) is 19.1 Å². The quantitative estimate of drug-likeness (QED) is 0.624. The average molecular weight is 231 g/mol. The third-order valence-electron chi connectivity index (χ3n) is 1.57. The summed E-state index contributed by atoms with van der Waals surface area (Å²) < 4.78 is 0. The van der Waals surface area contributed by atoms with Gasteiger partial charge in [-0.3, -0.25) is 4.79 Å². The molecule has 0 aliphatic carbocycles. The fraction of sp³-hybridized carbons (Fsp3) is 0.100. The van der Waals surface area contributed by atoms with Gasteiger partial charge in [-0.25, -0.2) is 0 Å². The predicted octanol–water partition coefficient (Wildman–Crippen LogP) is 3.48. The first-order valence-electron chi connectivity index (χ1n) is 3.88. The van der Waals surface area contributed by atoms with Crippen molar-refractivity contribution >= 4 is 34.7 Å². The molecule has 0 fully saturated rings. The van der Waals surface area contributed by atoms with Gasteiger partial charge in [0.2, 0.25) is 0 Å². The normalized spacial score (nSPS) is 11.5. The smallest absolute Gasteiger partial charge is 0.156 e. The van der Waals surface area contributed by atoms with Crippen LogP contribution in [0.3, 0.4) is 0 Å². The van der Waals surface area contributed by atoms with Gasteiger partial charge in [-0.15, -0.1) is 0 Å². The highest BCUT2D eigenvalue weighted by Gasteiger charge is 2.08. The molecule has 0 unspecified atom stereocenters. The zero-order valence-electron chi connectivity index (χ0n) is 7.42. The fourth-order valence-corrected chi connectivity index (χ4v) is 1.37. The Labute approximate surface area is 91.8 Å². The molecule has 0 aromatic heterocycles. The number of carbonyl (C=O) groups is 1. The Morgan fingerprint density at radius 1 is 1.43 bits per heavy atom. The molecule has 2 nitrogen and oxygen atoms in total. The second-order valence-electron chi connectivity index (χ2n) is 2.74. The topological polar surface area (TPSA) is 37.3 Å². The van der Waals surface area contributed by atoms with Crippen LogP contribution >= 0.6 is 23.2 Å². The van der Waals surface area contributed by atoms with Crippen molar-refractivity contribution in [2.24, 2.45) is 0 Å². The van der Waals surface area contributed by atoms with E-state index in [9.17, 15) is 9.90 Å². The van der Waals surface area contributed by atoms with E-state index in [4.69, 9.17) is 23.2 Å². The van der Waals surface area contributed by atoms with Crippen LogP contribution in [0.2, 0.25) is 10.0 Å². The summed E-state index contributed by atoms with van der Waals surface area (Å²) in [5.74, 6) is -0.427. The van der Waals surface area contributed by atoms with Crippen molar-refractivity contribution < 1.29 is 9.90 Å². The zero-order valence-corrected chi connectivity index (χ0v) is 8.93. The molecular formula is C10H8Cl2O2. The molecule has 74 valence electrons. The minimum atomic E-state index is -0.251. The summed E-state index contributed by atoms with van der Waals surface area (Å²) in [4.78, 5) is 10.7. The van der Waals surface area contributed by atoms with Gasteiger partial charge in [0.25, 0.3) is 0 Å². The molecule has 0 atom stereocenters. The Kier molecular flexibility index (Phi) is 3.55. The monoisotopic (exact) mass is 230 g/mol. The number of hydrogen-bond donors (Lipinski definition) is 1. The van der Waals surface area contributed by atoms with Crippen LogP contribution in [0.15, 0.2) is 24.3 Å². The minimum absolute atomic E-state index is 0.176. The Morgan fingerprint density at radius 2 is 2.07 bits per heavy atom. The molecular weight excluding hydrogens is 223 g/mol. The average Bonchev–Trinajstić information content (AvgIpc) is 2.08. The number of carbonyl (C=O) groups excluding carboxylic acids is 1. The van der Waals surface area contributed by atoms with Crippen molar-refractivity contribution in [3.05, 3.63) is 39.9 Å². The van der Waals surface area contributed by atoms with Crippen LogP contribution in [0, 0.1) is 0 Å². The molecule has 0 heterocycles. The molecule has 1 N–H and O–H groups in total. The molecule has 1 rings (SSSR count). The lowest BCUT2D eigenvalue weighted by Crippen LogP contribution is -1.90. The Morgan fingerprint density at radius 3 is 2.64 bits per heavy atom. The molecule has 0 radical (unpaired) electrons.